The molecule has 15 rings (SSSR count). The van der Waals surface area contributed by atoms with Crippen molar-refractivity contribution >= 4 is 82.1 Å². The summed E-state index contributed by atoms with van der Waals surface area (Å²) in [6, 6.07) is 8.90. The van der Waals surface area contributed by atoms with Crippen LogP contribution >= 0.6 is 23.2 Å². The number of anilines is 1. The van der Waals surface area contributed by atoms with E-state index >= 15 is 24.0 Å². The van der Waals surface area contributed by atoms with Gasteiger partial charge in [0.2, 0.25) is 53.4 Å². The number of hydrogen-bond acceptors (Lipinski definition) is 32. The monoisotopic (exact) mass is 1900 g/mol. The molecule has 0 aliphatic carbocycles. The summed E-state index contributed by atoms with van der Waals surface area (Å²) in [5, 5.41) is 162. The number of aromatic hydroxyl groups is 3. The van der Waals surface area contributed by atoms with Crippen molar-refractivity contribution in [1.29, 1.82) is 0 Å². The Kier molecular flexibility index (Phi) is 30.3. The number of aliphatic hydroxyl groups is 8. The number of phenolic OH excluding ortho intramolecular Hbond substituents is 3. The number of aliphatic carboxylic acids is 1. The molecule has 8 heterocycles. The maximum atomic E-state index is 16.5. The second-order valence-electron chi connectivity index (χ2n) is 33.2. The van der Waals surface area contributed by atoms with Crippen LogP contribution in [0.1, 0.15) is 121 Å². The van der Waals surface area contributed by atoms with E-state index in [2.05, 4.69) is 52.6 Å². The third-order valence-corrected chi connectivity index (χ3v) is 23.5. The van der Waals surface area contributed by atoms with Gasteiger partial charge in [-0.1, -0.05) is 73.4 Å². The Morgan fingerprint density at radius 3 is 1.95 bits per heavy atom. The number of primary amides is 1. The van der Waals surface area contributed by atoms with Crippen molar-refractivity contribution < 1.29 is 160 Å². The molecule has 8 aliphatic rings. The maximum absolute atomic E-state index is 16.5. The van der Waals surface area contributed by atoms with Crippen LogP contribution in [0.3, 0.4) is 0 Å². The fourth-order valence-electron chi connectivity index (χ4n) is 16.2. The number of halogens is 5. The molecule has 8 aliphatic heterocycles. The van der Waals surface area contributed by atoms with E-state index in [1.54, 1.807) is 19.9 Å². The number of rotatable bonds is 22. The van der Waals surface area contributed by atoms with E-state index in [1.165, 1.54) is 57.3 Å². The Labute approximate surface area is 763 Å². The van der Waals surface area contributed by atoms with Crippen molar-refractivity contribution in [3.8, 4) is 62.9 Å². The maximum Gasteiger partial charge on any atom is 0.573 e. The first-order valence-corrected chi connectivity index (χ1v) is 42.2. The molecule has 46 heteroatoms. The Morgan fingerprint density at radius 1 is 0.662 bits per heavy atom. The number of likely N-dealkylation sites (N-methyl/N-ethyl adjacent to an activating group) is 1. The van der Waals surface area contributed by atoms with Gasteiger partial charge in [-0.05, 0) is 146 Å². The number of amides is 8. The van der Waals surface area contributed by atoms with E-state index in [-0.39, 0.29) is 54.2 Å². The number of carboxylic acids is 1. The predicted molar refractivity (Wildman–Crippen MR) is 454 cm³/mol. The van der Waals surface area contributed by atoms with Crippen LogP contribution in [-0.2, 0) is 68.6 Å². The van der Waals surface area contributed by atoms with E-state index in [0.717, 1.165) is 84.9 Å². The van der Waals surface area contributed by atoms with Gasteiger partial charge in [0.05, 0.1) is 41.3 Å². The van der Waals surface area contributed by atoms with Gasteiger partial charge in [-0.2, -0.15) is 0 Å². The molecule has 0 spiro atoms. The average molecular weight is 1900 g/mol. The molecule has 7 aromatic carbocycles. The molecule has 0 radical (unpaired) electrons. The number of carbonyl (C=O) groups is 9. The number of nitrogens with two attached hydrogens (primary N) is 2. The van der Waals surface area contributed by atoms with Gasteiger partial charge in [0.15, 0.2) is 30.1 Å². The van der Waals surface area contributed by atoms with E-state index in [0.29, 0.717) is 5.56 Å². The van der Waals surface area contributed by atoms with E-state index < -0.39 is 302 Å². The first kappa shape index (κ1) is 98.6. The first-order chi connectivity index (χ1) is 62.8. The zero-order valence-electron chi connectivity index (χ0n) is 70.9. The van der Waals surface area contributed by atoms with Gasteiger partial charge >= 0.3 is 12.3 Å². The summed E-state index contributed by atoms with van der Waals surface area (Å²) in [5.74, 6) is -18.6. The van der Waals surface area contributed by atoms with Crippen LogP contribution in [0.25, 0.3) is 11.1 Å². The molecule has 3 fully saturated rings. The number of fused-ring (bicyclic) bond motifs is 15. The van der Waals surface area contributed by atoms with Crippen molar-refractivity contribution in [2.45, 2.75) is 200 Å². The van der Waals surface area contributed by atoms with Crippen LogP contribution in [0, 0.1) is 5.92 Å². The molecule has 0 saturated carbocycles. The summed E-state index contributed by atoms with van der Waals surface area (Å²) in [5.41, 5.74) is 8.26. The smallest absolute Gasteiger partial charge is 0.508 e. The minimum Gasteiger partial charge on any atom is -0.508 e. The van der Waals surface area contributed by atoms with Crippen molar-refractivity contribution in [3.05, 3.63) is 176 Å². The summed E-state index contributed by atoms with van der Waals surface area (Å²) in [4.78, 5) is 134. The van der Waals surface area contributed by atoms with Gasteiger partial charge in [0.1, 0.15) is 126 Å². The van der Waals surface area contributed by atoms with Gasteiger partial charge in [-0.15, -0.1) is 13.2 Å². The second kappa shape index (κ2) is 40.9. The van der Waals surface area contributed by atoms with Gasteiger partial charge in [-0.25, -0.2) is 4.79 Å². The number of benzene rings is 7. The average Bonchev–Trinajstić information content (AvgIpc) is 0.766. The number of phenols is 3. The Balaban J connectivity index is 0.928. The van der Waals surface area contributed by atoms with Gasteiger partial charge < -0.3 is 163 Å². The SMILES string of the molecule is CN[C@H](CC(C)C)C(=O)N[C@H]1C(=O)N[C@@H](CC(N)=O)C(=O)N[C@H]2C(=O)N[C@H]3C(=O)N[C@H](C(=O)N[C@@H](C(=O)O)c4cc(O)cc(O)c4-c4cc3ccc4O)[C@H](O[C@H]3C[C@](C)(N)[C@@H](O)[C@H](C)O3)c3ccc(c(Cl)c3)Oc3cc2cc(c3OC2O[C@H](CO)[C@@H](O[C@H]3O[C@H](CNCc4cccc(NC(=O)c5cccc(OC(F)(F)F)c5)c4)[C@H](O)[C@H](O)[C@H]3O)[C@H](O)[C@H]2O)Oc2ccc(cc2Cl)[C@H]1O. The highest BCUT2D eigenvalue weighted by molar-refractivity contribution is 6.32. The van der Waals surface area contributed by atoms with Crippen molar-refractivity contribution in [2.24, 2.45) is 17.4 Å². The minimum absolute atomic E-state index is 0.0565. The number of hydrogen-bond donors (Lipinski definition) is 23. The number of ether oxygens (including phenoxy) is 9. The summed E-state index contributed by atoms with van der Waals surface area (Å²) in [6.07, 6.45) is -35.4. The predicted octanol–water partition coefficient (Wildman–Crippen LogP) is 1.88. The molecule has 41 nitrogen and oxygen atoms in total. The van der Waals surface area contributed by atoms with Crippen LogP contribution in [0.2, 0.25) is 10.0 Å². The Hall–Kier alpha value is -11.9. The zero-order chi connectivity index (χ0) is 96.4. The van der Waals surface area contributed by atoms with Crippen LogP contribution in [0.4, 0.5) is 18.9 Å². The molecule has 23 atom stereocenters. The summed E-state index contributed by atoms with van der Waals surface area (Å²) >= 11 is 14.5. The van der Waals surface area contributed by atoms with Crippen LogP contribution in [0.15, 0.2) is 127 Å². The fraction of sp³-hybridized carbons (Fsp3) is 0.414. The topological polar surface area (TPSA) is 640 Å². The fourth-order valence-corrected chi connectivity index (χ4v) is 16.6. The second-order valence-corrected chi connectivity index (χ2v) is 34.0. The van der Waals surface area contributed by atoms with Crippen LogP contribution in [0.5, 0.6) is 51.7 Å². The molecule has 0 aromatic heterocycles. The van der Waals surface area contributed by atoms with Crippen LogP contribution in [-0.4, -0.2) is 251 Å². The highest BCUT2D eigenvalue weighted by Crippen LogP contribution is 2.51. The lowest BCUT2D eigenvalue weighted by atomic mass is 9.86. The van der Waals surface area contributed by atoms with Gasteiger partial charge in [-0.3, -0.25) is 38.4 Å². The Bertz CT molecular complexity index is 5570. The number of carbonyl (C=O) groups excluding carboxylic acids is 8. The minimum atomic E-state index is -5.03. The molecule has 7 aromatic rings. The summed E-state index contributed by atoms with van der Waals surface area (Å²) < 4.78 is 94.0. The van der Waals surface area contributed by atoms with Gasteiger partial charge in [0.25, 0.3) is 5.91 Å². The number of alkyl halides is 3. The lowest BCUT2D eigenvalue weighted by molar-refractivity contribution is -0.350. The first-order valence-electron chi connectivity index (χ1n) is 41.5. The lowest BCUT2D eigenvalue weighted by Gasteiger charge is -2.46. The van der Waals surface area contributed by atoms with E-state index in [4.69, 9.17) is 72.6 Å². The molecule has 3 saturated heterocycles. The van der Waals surface area contributed by atoms with Gasteiger partial charge in [0, 0.05) is 59.1 Å². The lowest BCUT2D eigenvalue weighted by Crippen LogP contribution is -2.65. The third-order valence-electron chi connectivity index (χ3n) is 22.9. The van der Waals surface area contributed by atoms with Crippen molar-refractivity contribution in [2.75, 3.05) is 25.5 Å². The van der Waals surface area contributed by atoms with E-state index in [9.17, 15) is 93.6 Å². The highest BCUT2D eigenvalue weighted by atomic mass is 35.5. The number of carboxylic acid groups (broad SMARTS) is 1. The molecule has 11 bridgehead atoms. The normalized spacial score (nSPS) is 28.7. The third kappa shape index (κ3) is 22.5. The quantitative estimate of drug-likeness (QED) is 0.0460. The largest absolute Gasteiger partial charge is 0.573 e. The summed E-state index contributed by atoms with van der Waals surface area (Å²) in [6.45, 7) is 4.88. The zero-order valence-corrected chi connectivity index (χ0v) is 72.4. The number of nitrogens with one attached hydrogen (secondary N) is 9. The Morgan fingerprint density at radius 2 is 1.30 bits per heavy atom. The molecule has 8 amide bonds. The molecular weight excluding hydrogens is 1810 g/mol. The molecule has 714 valence electrons. The number of aliphatic hydroxyl groups excluding tert-OH is 8. The van der Waals surface area contributed by atoms with Crippen molar-refractivity contribution in [3.63, 3.8) is 0 Å². The van der Waals surface area contributed by atoms with Crippen LogP contribution < -0.4 is 78.3 Å². The van der Waals surface area contributed by atoms with E-state index in [1.807, 2.05) is 0 Å². The van der Waals surface area contributed by atoms with Crippen molar-refractivity contribution in [1.82, 2.24) is 42.5 Å². The molecule has 133 heavy (non-hydrogen) atoms. The highest BCUT2D eigenvalue weighted by Gasteiger charge is 2.53. The molecule has 25 N–H and O–H groups in total. The standard InChI is InChI=1S/C87H96Cl2F3N11O30/c1-33(2)18-48(95-5)77(117)102-64-66(109)37-13-16-52(46(88)22-37)126-54-24-40-25-55(73(54)131-85-71(114)69(112)74(57(32-104)129-85)132-84-70(113)68(111)67(110)56(128-84)31-96-30-35-8-6-10-41(19-35)97-76(116)39-9-7-11-43(20-39)133-87(90,91)92)127-53-17-14-38(23-47(53)89)72(130-59-29-86(4,94)75(115)34(3)125-59)65-82(122)101-63(83(123)124)45-26-42(105)27-51(107)60(45)44-21-36(12-15-50(44)106)61(79(119)103-65)100-80(120)62(40)99-78(118)49(28-58(93)108)98-81(64)121/h6-17,19-27,33-34,48-49,56-57,59,61-72,74-75,84-85,95-96,104-107,109-115H,18,28-32,94H2,1-5H3,(H2,93,108)(H,97,116)(H,98,121)(H,99,118)(H,100,120)(H,101,122)(H,102,117)(H,103,119)(H,123,124)/t34-,48+,49-,56+,57+,59-,61+,62+,63+,64+,65-,66+,67-,68-,69+,70+,71+,72+,74+,75-,84+,85?,86-/m0/s1. The summed E-state index contributed by atoms with van der Waals surface area (Å²) in [7, 11) is 1.44. The molecular formula is C87H96Cl2F3N11O30. The molecule has 1 unspecified atom stereocenters.